The zero-order valence-corrected chi connectivity index (χ0v) is 12.4. The van der Waals surface area contributed by atoms with Crippen LogP contribution in [-0.2, 0) is 11.3 Å². The van der Waals surface area contributed by atoms with Gasteiger partial charge in [-0.15, -0.1) is 5.10 Å². The SMILES string of the molecule is CCNC(=O)NC(=O)C(C)n1cc(CNCC2CC2)nn1. The number of hydrogen-bond acceptors (Lipinski definition) is 5. The van der Waals surface area contributed by atoms with Crippen molar-refractivity contribution in [2.24, 2.45) is 5.92 Å². The molecule has 2 rings (SSSR count). The minimum absolute atomic E-state index is 0.414. The van der Waals surface area contributed by atoms with Crippen molar-refractivity contribution in [2.75, 3.05) is 13.1 Å². The van der Waals surface area contributed by atoms with Crippen LogP contribution in [0.3, 0.4) is 0 Å². The number of aromatic nitrogens is 3. The maximum Gasteiger partial charge on any atom is 0.321 e. The van der Waals surface area contributed by atoms with Gasteiger partial charge in [0.25, 0.3) is 5.91 Å². The molecular weight excluding hydrogens is 272 g/mol. The maximum atomic E-state index is 11.9. The number of imide groups is 1. The van der Waals surface area contributed by atoms with Crippen LogP contribution in [0, 0.1) is 5.92 Å². The number of carbonyl (C=O) groups excluding carboxylic acids is 2. The second-order valence-corrected chi connectivity index (χ2v) is 5.29. The van der Waals surface area contributed by atoms with Gasteiger partial charge in [-0.1, -0.05) is 5.21 Å². The number of urea groups is 1. The minimum Gasteiger partial charge on any atom is -0.338 e. The summed E-state index contributed by atoms with van der Waals surface area (Å²) in [4.78, 5) is 23.2. The fourth-order valence-corrected chi connectivity index (χ4v) is 1.85. The molecule has 116 valence electrons. The molecule has 1 aromatic heterocycles. The topological polar surface area (TPSA) is 101 Å². The van der Waals surface area contributed by atoms with E-state index in [4.69, 9.17) is 0 Å². The zero-order valence-electron chi connectivity index (χ0n) is 12.4. The van der Waals surface area contributed by atoms with Crippen LogP contribution in [0.15, 0.2) is 6.20 Å². The number of carbonyl (C=O) groups is 2. The molecule has 1 aliphatic carbocycles. The monoisotopic (exact) mass is 294 g/mol. The molecule has 0 spiro atoms. The van der Waals surface area contributed by atoms with Gasteiger partial charge in [0.2, 0.25) is 0 Å². The summed E-state index contributed by atoms with van der Waals surface area (Å²) in [5, 5.41) is 16.0. The first kappa shape index (κ1) is 15.4. The Morgan fingerprint density at radius 1 is 1.48 bits per heavy atom. The molecule has 0 radical (unpaired) electrons. The molecule has 1 aromatic rings. The number of nitrogens with zero attached hydrogens (tertiary/aromatic N) is 3. The van der Waals surface area contributed by atoms with E-state index in [1.54, 1.807) is 20.0 Å². The van der Waals surface area contributed by atoms with Crippen LogP contribution in [0.2, 0.25) is 0 Å². The maximum absolute atomic E-state index is 11.9. The van der Waals surface area contributed by atoms with Crippen LogP contribution in [0.4, 0.5) is 4.79 Å². The van der Waals surface area contributed by atoms with Gasteiger partial charge in [0.1, 0.15) is 6.04 Å². The molecule has 1 heterocycles. The highest BCUT2D eigenvalue weighted by atomic mass is 16.2. The molecule has 0 bridgehead atoms. The Labute approximate surface area is 123 Å². The van der Waals surface area contributed by atoms with E-state index in [1.807, 2.05) is 0 Å². The Morgan fingerprint density at radius 3 is 2.90 bits per heavy atom. The lowest BCUT2D eigenvalue weighted by molar-refractivity contribution is -0.123. The van der Waals surface area contributed by atoms with Gasteiger partial charge < -0.3 is 10.6 Å². The summed E-state index contributed by atoms with van der Waals surface area (Å²) in [5.41, 5.74) is 0.785. The second-order valence-electron chi connectivity index (χ2n) is 5.29. The zero-order chi connectivity index (χ0) is 15.2. The highest BCUT2D eigenvalue weighted by molar-refractivity contribution is 5.95. The van der Waals surface area contributed by atoms with E-state index in [0.717, 1.165) is 18.2 Å². The lowest BCUT2D eigenvalue weighted by Crippen LogP contribution is -2.42. The van der Waals surface area contributed by atoms with E-state index in [2.05, 4.69) is 26.3 Å². The summed E-state index contributed by atoms with van der Waals surface area (Å²) >= 11 is 0. The average Bonchev–Trinajstić information content (AvgIpc) is 3.14. The van der Waals surface area contributed by atoms with Crippen LogP contribution in [-0.4, -0.2) is 40.0 Å². The minimum atomic E-state index is -0.586. The van der Waals surface area contributed by atoms with E-state index < -0.39 is 18.0 Å². The van der Waals surface area contributed by atoms with Crippen LogP contribution in [0.25, 0.3) is 0 Å². The molecule has 0 aliphatic heterocycles. The van der Waals surface area contributed by atoms with Gasteiger partial charge in [-0.25, -0.2) is 9.48 Å². The standard InChI is InChI=1S/C13H22N6O2/c1-3-15-13(21)16-12(20)9(2)19-8-11(17-18-19)7-14-6-10-4-5-10/h8-10,14H,3-7H2,1-2H3,(H2,15,16,20,21). The lowest BCUT2D eigenvalue weighted by Gasteiger charge is -2.11. The van der Waals surface area contributed by atoms with Crippen molar-refractivity contribution in [3.05, 3.63) is 11.9 Å². The molecule has 0 saturated heterocycles. The van der Waals surface area contributed by atoms with Gasteiger partial charge in [-0.3, -0.25) is 10.1 Å². The fourth-order valence-electron chi connectivity index (χ4n) is 1.85. The largest absolute Gasteiger partial charge is 0.338 e. The number of hydrogen-bond donors (Lipinski definition) is 3. The van der Waals surface area contributed by atoms with E-state index in [9.17, 15) is 9.59 Å². The fraction of sp³-hybridized carbons (Fsp3) is 0.692. The van der Waals surface area contributed by atoms with Crippen molar-refractivity contribution < 1.29 is 9.59 Å². The Kier molecular flexibility index (Phi) is 5.26. The van der Waals surface area contributed by atoms with Crippen molar-refractivity contribution in [3.63, 3.8) is 0 Å². The van der Waals surface area contributed by atoms with Crippen molar-refractivity contribution in [3.8, 4) is 0 Å². The summed E-state index contributed by atoms with van der Waals surface area (Å²) in [6, 6.07) is -1.09. The predicted molar refractivity (Wildman–Crippen MR) is 76.4 cm³/mol. The van der Waals surface area contributed by atoms with Crippen molar-refractivity contribution in [1.29, 1.82) is 0 Å². The molecule has 3 amide bonds. The molecule has 21 heavy (non-hydrogen) atoms. The summed E-state index contributed by atoms with van der Waals surface area (Å²) in [7, 11) is 0. The van der Waals surface area contributed by atoms with Crippen molar-refractivity contribution in [2.45, 2.75) is 39.3 Å². The average molecular weight is 294 g/mol. The van der Waals surface area contributed by atoms with Gasteiger partial charge in [0.15, 0.2) is 0 Å². The Hall–Kier alpha value is -1.96. The summed E-state index contributed by atoms with van der Waals surface area (Å²) in [6.07, 6.45) is 4.33. The smallest absolute Gasteiger partial charge is 0.321 e. The number of amides is 3. The Bertz CT molecular complexity index is 497. The summed E-state index contributed by atoms with van der Waals surface area (Å²) < 4.78 is 1.46. The third kappa shape index (κ3) is 4.82. The molecule has 0 aromatic carbocycles. The van der Waals surface area contributed by atoms with Gasteiger partial charge >= 0.3 is 6.03 Å². The molecule has 1 aliphatic rings. The van der Waals surface area contributed by atoms with E-state index >= 15 is 0 Å². The van der Waals surface area contributed by atoms with Crippen LogP contribution in [0.5, 0.6) is 0 Å². The predicted octanol–water partition coefficient (Wildman–Crippen LogP) is 0.184. The van der Waals surface area contributed by atoms with Crippen LogP contribution in [0.1, 0.15) is 38.4 Å². The van der Waals surface area contributed by atoms with Gasteiger partial charge in [0, 0.05) is 13.1 Å². The molecule has 1 unspecified atom stereocenters. The van der Waals surface area contributed by atoms with Crippen LogP contribution >= 0.6 is 0 Å². The molecular formula is C13H22N6O2. The van der Waals surface area contributed by atoms with E-state index in [-0.39, 0.29) is 0 Å². The van der Waals surface area contributed by atoms with Gasteiger partial charge in [0.05, 0.1) is 11.9 Å². The van der Waals surface area contributed by atoms with Crippen LogP contribution < -0.4 is 16.0 Å². The Balaban J connectivity index is 1.80. The quantitative estimate of drug-likeness (QED) is 0.666. The highest BCUT2D eigenvalue weighted by Gasteiger charge is 2.21. The second kappa shape index (κ2) is 7.16. The molecule has 3 N–H and O–H groups in total. The number of rotatable bonds is 7. The highest BCUT2D eigenvalue weighted by Crippen LogP contribution is 2.27. The summed E-state index contributed by atoms with van der Waals surface area (Å²) in [6.45, 7) is 5.56. The summed E-state index contributed by atoms with van der Waals surface area (Å²) in [5.74, 6) is 0.394. The molecule has 8 heteroatoms. The first-order valence-corrected chi connectivity index (χ1v) is 7.30. The van der Waals surface area contributed by atoms with Crippen molar-refractivity contribution >= 4 is 11.9 Å². The first-order valence-electron chi connectivity index (χ1n) is 7.30. The van der Waals surface area contributed by atoms with Crippen molar-refractivity contribution in [1.82, 2.24) is 30.9 Å². The molecule has 1 fully saturated rings. The van der Waals surface area contributed by atoms with E-state index in [0.29, 0.717) is 13.1 Å². The van der Waals surface area contributed by atoms with E-state index in [1.165, 1.54) is 17.5 Å². The molecule has 1 saturated carbocycles. The lowest BCUT2D eigenvalue weighted by atomic mass is 10.3. The Morgan fingerprint density at radius 2 is 2.24 bits per heavy atom. The van der Waals surface area contributed by atoms with Gasteiger partial charge in [-0.05, 0) is 39.2 Å². The third-order valence-electron chi connectivity index (χ3n) is 3.34. The normalized spacial score (nSPS) is 15.5. The molecule has 8 nitrogen and oxygen atoms in total. The number of nitrogens with one attached hydrogen (secondary N) is 3. The first-order chi connectivity index (χ1) is 10.1. The molecule has 1 atom stereocenters. The third-order valence-corrected chi connectivity index (χ3v) is 3.34. The van der Waals surface area contributed by atoms with Gasteiger partial charge in [-0.2, -0.15) is 0 Å².